The number of rotatable bonds is 8. The molecule has 0 atom stereocenters. The minimum atomic E-state index is -0.407. The zero-order chi connectivity index (χ0) is 49.7. The van der Waals surface area contributed by atoms with Crippen molar-refractivity contribution in [2.45, 2.75) is 77.0 Å². The van der Waals surface area contributed by atoms with Gasteiger partial charge in [-0.05, 0) is 97.8 Å². The van der Waals surface area contributed by atoms with Crippen LogP contribution in [0.4, 0.5) is 69.3 Å². The Morgan fingerprint density at radius 2 is 0.493 bits per heavy atom. The van der Waals surface area contributed by atoms with E-state index in [-0.39, 0.29) is 85.7 Å². The van der Waals surface area contributed by atoms with Gasteiger partial charge >= 0.3 is 0 Å². The van der Waals surface area contributed by atoms with Crippen LogP contribution in [-0.4, -0.2) is 128 Å². The molecule has 0 bridgehead atoms. The van der Waals surface area contributed by atoms with Crippen molar-refractivity contribution < 1.29 is 37.3 Å². The number of aromatic nitrogens is 8. The summed E-state index contributed by atoms with van der Waals surface area (Å²) in [6, 6.07) is 0. The first kappa shape index (κ1) is 58.5. The summed E-state index contributed by atoms with van der Waals surface area (Å²) in [4.78, 5) is 66.0. The van der Waals surface area contributed by atoms with Crippen LogP contribution in [0, 0.1) is 41.3 Å². The summed E-state index contributed by atoms with van der Waals surface area (Å²) < 4.78 is 1.41. The lowest BCUT2D eigenvalue weighted by Gasteiger charge is -2.28. The first-order valence-corrected chi connectivity index (χ1v) is 21.6. The van der Waals surface area contributed by atoms with Gasteiger partial charge in [0, 0.05) is 52.4 Å². The molecular formula is C36H62N24O11. The predicted molar refractivity (Wildman–Crippen MR) is 256 cm³/mol. The van der Waals surface area contributed by atoms with Crippen LogP contribution in [-0.2, 0) is 0 Å². The van der Waals surface area contributed by atoms with E-state index < -0.39 is 22.5 Å². The Morgan fingerprint density at radius 1 is 0.338 bits per heavy atom. The molecule has 35 nitrogen and oxygen atoms in total. The van der Waals surface area contributed by atoms with Gasteiger partial charge in [0.15, 0.2) is 69.3 Å². The smallest absolute Gasteiger partial charge is 0.259 e. The lowest BCUT2D eigenvalue weighted by atomic mass is 10.1. The van der Waals surface area contributed by atoms with Crippen molar-refractivity contribution >= 4 is 69.3 Å². The summed E-state index contributed by atoms with van der Waals surface area (Å²) in [5.74, 6) is 0.141. The Kier molecular flexibility index (Phi) is 22.1. The third kappa shape index (κ3) is 13.3. The van der Waals surface area contributed by atoms with Crippen molar-refractivity contribution in [3.05, 3.63) is 42.1 Å². The van der Waals surface area contributed by atoms with Crippen LogP contribution in [0.2, 0.25) is 0 Å². The van der Waals surface area contributed by atoms with E-state index in [4.69, 9.17) is 44.6 Å². The van der Waals surface area contributed by atoms with E-state index in [1.807, 2.05) is 19.6 Å². The van der Waals surface area contributed by atoms with Crippen molar-refractivity contribution in [2.24, 2.45) is 20.7 Å². The minimum absolute atomic E-state index is 0. The largest absolute Gasteiger partial charge is 0.423 e. The number of hydrogen-bond acceptors (Lipinski definition) is 28. The summed E-state index contributed by atoms with van der Waals surface area (Å²) >= 11 is 0. The molecular weight excluding hydrogens is 945 g/mol. The fraction of sp³-hybridized carbons (Fsp3) is 0.556. The summed E-state index contributed by atoms with van der Waals surface area (Å²) in [7, 11) is 0. The lowest BCUT2D eigenvalue weighted by molar-refractivity contribution is 0.172. The minimum Gasteiger partial charge on any atom is -0.423 e. The van der Waals surface area contributed by atoms with Crippen molar-refractivity contribution in [2.75, 3.05) is 94.9 Å². The van der Waals surface area contributed by atoms with Crippen molar-refractivity contribution in [1.82, 2.24) is 38.9 Å². The molecule has 4 aromatic rings. The molecule has 4 saturated heterocycles. The zero-order valence-corrected chi connectivity index (χ0v) is 38.5. The van der Waals surface area contributed by atoms with Crippen LogP contribution in [0.5, 0.6) is 0 Å². The maximum absolute atomic E-state index is 10.8. The second kappa shape index (κ2) is 26.8. The van der Waals surface area contributed by atoms with E-state index in [9.17, 15) is 40.5 Å². The molecule has 0 amide bonds. The Balaban J connectivity index is 0.000000320. The predicted octanol–water partition coefficient (Wildman–Crippen LogP) is -0.193. The molecule has 71 heavy (non-hydrogen) atoms. The van der Waals surface area contributed by atoms with Gasteiger partial charge in [0.1, 0.15) is 0 Å². The molecule has 8 rings (SSSR count). The van der Waals surface area contributed by atoms with Gasteiger partial charge in [0.2, 0.25) is 0 Å². The monoisotopic (exact) mass is 1010 g/mol. The fourth-order valence-electron chi connectivity index (χ4n) is 7.77. The maximum atomic E-state index is 10.8. The Labute approximate surface area is 401 Å². The number of nitrogen functional groups attached to an aromatic ring is 4. The molecule has 0 unspecified atom stereocenters. The number of piperidine rings is 4. The molecule has 4 aliphatic rings. The molecule has 392 valence electrons. The Morgan fingerprint density at radius 3 is 0.634 bits per heavy atom. The van der Waals surface area contributed by atoms with Gasteiger partial charge < -0.3 is 79.8 Å². The van der Waals surface area contributed by atoms with Gasteiger partial charge in [-0.2, -0.15) is 19.9 Å². The second-order valence-electron chi connectivity index (χ2n) is 15.8. The average molecular weight is 1010 g/mol. The Bertz CT molecular complexity index is 2340. The first-order chi connectivity index (χ1) is 32.6. The molecule has 4 aliphatic heterocycles. The van der Waals surface area contributed by atoms with Gasteiger partial charge in [0.25, 0.3) is 22.5 Å². The molecule has 0 saturated carbocycles. The van der Waals surface area contributed by atoms with E-state index >= 15 is 0 Å². The Hall–Kier alpha value is -8.60. The number of nitrogens with one attached hydrogen (secondary N) is 4. The number of anilines is 8. The van der Waals surface area contributed by atoms with Gasteiger partial charge in [-0.1, -0.05) is 0 Å². The fourth-order valence-corrected chi connectivity index (χ4v) is 7.77. The topological polar surface area (TPSA) is 577 Å². The van der Waals surface area contributed by atoms with Crippen LogP contribution in [0.1, 0.15) is 77.0 Å². The number of nitrogens with two attached hydrogens (primary N) is 4. The summed E-state index contributed by atoms with van der Waals surface area (Å²) in [6.07, 6.45) is 12.6. The lowest BCUT2D eigenvalue weighted by Crippen LogP contribution is -2.34. The summed E-state index contributed by atoms with van der Waals surface area (Å²) in [6.45, 7) is 6.03. The highest BCUT2D eigenvalue weighted by molar-refractivity contribution is 5.75. The van der Waals surface area contributed by atoms with Crippen LogP contribution >= 0.6 is 0 Å². The molecule has 22 N–H and O–H groups in total. The zero-order valence-electron chi connectivity index (χ0n) is 38.5. The number of nitrogens with zero attached hydrogens (tertiary/aromatic N) is 16. The van der Waals surface area contributed by atoms with Crippen LogP contribution in [0.3, 0.4) is 0 Å². The van der Waals surface area contributed by atoms with Crippen molar-refractivity contribution in [3.63, 3.8) is 0 Å². The van der Waals surface area contributed by atoms with Crippen LogP contribution in [0.25, 0.3) is 0 Å². The molecule has 4 fully saturated rings. The van der Waals surface area contributed by atoms with E-state index in [1.165, 1.54) is 0 Å². The standard InChI is InChI=1S/4C9H14N6O2.3H2O/c4*10-7-6(13-16)8(12-9(11)15(7)17)14-4-2-1-3-5-14;;;/h4*11,17H,1-5,10H2;3*1H2. The van der Waals surface area contributed by atoms with Crippen LogP contribution < -0.4 is 65.0 Å². The van der Waals surface area contributed by atoms with Crippen molar-refractivity contribution in [1.29, 1.82) is 21.6 Å². The van der Waals surface area contributed by atoms with E-state index in [2.05, 4.69) is 40.6 Å². The molecule has 0 aliphatic carbocycles. The normalized spacial score (nSPS) is 15.2. The first-order valence-electron chi connectivity index (χ1n) is 21.6. The average Bonchev–Trinajstić information content (AvgIpc) is 3.37. The molecule has 0 radical (unpaired) electrons. The van der Waals surface area contributed by atoms with E-state index in [0.29, 0.717) is 18.9 Å². The molecule has 35 heteroatoms. The van der Waals surface area contributed by atoms with E-state index in [0.717, 1.165) is 129 Å². The summed E-state index contributed by atoms with van der Waals surface area (Å²) in [5.41, 5.74) is 20.1. The summed E-state index contributed by atoms with van der Waals surface area (Å²) in [5, 5.41) is 78.4. The highest BCUT2D eigenvalue weighted by Gasteiger charge is 2.25. The third-order valence-corrected chi connectivity index (χ3v) is 11.4. The number of nitroso groups, excluding NO2 is 4. The SMILES string of the molecule is N=c1nc(N2CCCCC2)c(N=O)c(N)n1O.N=c1nc(N2CCCCC2)c(N=O)c(N)n1O.N=c1nc(N2CCCCC2)c(N=O)c(N)n1O.N=c1nc(N2CCCCC2)c(N=O)c(N)n1O.O.O.O. The molecule has 0 aromatic carbocycles. The van der Waals surface area contributed by atoms with Gasteiger partial charge in [-0.3, -0.25) is 21.6 Å². The van der Waals surface area contributed by atoms with Crippen LogP contribution in [0.15, 0.2) is 20.7 Å². The van der Waals surface area contributed by atoms with Gasteiger partial charge in [0.05, 0.1) is 0 Å². The highest BCUT2D eigenvalue weighted by Crippen LogP contribution is 2.35. The quantitative estimate of drug-likeness (QED) is 0.0803. The molecule has 8 heterocycles. The van der Waals surface area contributed by atoms with Gasteiger partial charge in [-0.25, -0.2) is 0 Å². The molecule has 4 aromatic heterocycles. The second-order valence-corrected chi connectivity index (χ2v) is 15.8. The van der Waals surface area contributed by atoms with Crippen molar-refractivity contribution in [3.8, 4) is 0 Å². The highest BCUT2D eigenvalue weighted by atomic mass is 16.5. The maximum Gasteiger partial charge on any atom is 0.259 e. The van der Waals surface area contributed by atoms with E-state index in [1.54, 1.807) is 0 Å². The number of hydrogen-bond donors (Lipinski definition) is 12. The molecule has 0 spiro atoms. The third-order valence-electron chi connectivity index (χ3n) is 11.4. The van der Waals surface area contributed by atoms with Gasteiger partial charge in [-0.15, -0.1) is 38.5 Å².